The zero-order valence-electron chi connectivity index (χ0n) is 11.4. The van der Waals surface area contributed by atoms with E-state index in [1.54, 1.807) is 0 Å². The highest BCUT2D eigenvalue weighted by atomic mass is 16.3. The molecular weight excluding hydrogens is 222 g/mol. The van der Waals surface area contributed by atoms with Gasteiger partial charge in [-0.15, -0.1) is 0 Å². The van der Waals surface area contributed by atoms with Crippen LogP contribution in [0.4, 0.5) is 0 Å². The van der Waals surface area contributed by atoms with E-state index in [-0.39, 0.29) is 12.0 Å². The van der Waals surface area contributed by atoms with Crippen molar-refractivity contribution in [2.45, 2.75) is 44.9 Å². The van der Waals surface area contributed by atoms with Gasteiger partial charge >= 0.3 is 0 Å². The van der Waals surface area contributed by atoms with Crippen LogP contribution >= 0.6 is 0 Å². The molecule has 1 aliphatic carbocycles. The molecule has 0 amide bonds. The Kier molecular flexibility index (Phi) is 4.41. The predicted octanol–water partition coefficient (Wildman–Crippen LogP) is 2.84. The van der Waals surface area contributed by atoms with Crippen LogP contribution < -0.4 is 5.73 Å². The fourth-order valence-corrected chi connectivity index (χ4v) is 3.42. The summed E-state index contributed by atoms with van der Waals surface area (Å²) in [5, 5.41) is 9.82. The molecule has 1 saturated carbocycles. The molecule has 0 heterocycles. The topological polar surface area (TPSA) is 46.2 Å². The number of aryl methyl sites for hydroxylation is 1. The summed E-state index contributed by atoms with van der Waals surface area (Å²) in [5.41, 5.74) is 8.69. The maximum absolute atomic E-state index is 9.82. The SMILES string of the molecule is CCc1ccc([C@H](CN)C2(CO)CCCC2)cc1. The summed E-state index contributed by atoms with van der Waals surface area (Å²) in [5.74, 6) is 0.302. The van der Waals surface area contributed by atoms with Gasteiger partial charge in [0, 0.05) is 17.9 Å². The summed E-state index contributed by atoms with van der Waals surface area (Å²) in [6.45, 7) is 3.07. The minimum atomic E-state index is 0.0302. The Bertz CT molecular complexity index is 365. The first-order chi connectivity index (χ1) is 8.75. The van der Waals surface area contributed by atoms with Gasteiger partial charge in [0.15, 0.2) is 0 Å². The molecule has 2 rings (SSSR count). The van der Waals surface area contributed by atoms with Gasteiger partial charge in [0.2, 0.25) is 0 Å². The van der Waals surface area contributed by atoms with Crippen LogP contribution in [0.5, 0.6) is 0 Å². The monoisotopic (exact) mass is 247 g/mol. The van der Waals surface area contributed by atoms with E-state index in [4.69, 9.17) is 5.73 Å². The number of hydrogen-bond donors (Lipinski definition) is 2. The van der Waals surface area contributed by atoms with Crippen molar-refractivity contribution in [2.75, 3.05) is 13.2 Å². The Labute approximate surface area is 110 Å². The maximum Gasteiger partial charge on any atom is 0.0493 e. The standard InChI is InChI=1S/C16H25NO/c1-2-13-5-7-14(8-6-13)15(11-17)16(12-18)9-3-4-10-16/h5-8,15,18H,2-4,9-12,17H2,1H3/t15-/m0/s1. The van der Waals surface area contributed by atoms with Gasteiger partial charge < -0.3 is 10.8 Å². The van der Waals surface area contributed by atoms with E-state index in [0.29, 0.717) is 12.5 Å². The van der Waals surface area contributed by atoms with E-state index >= 15 is 0 Å². The van der Waals surface area contributed by atoms with Gasteiger partial charge in [-0.1, -0.05) is 44.0 Å². The number of hydrogen-bond acceptors (Lipinski definition) is 2. The van der Waals surface area contributed by atoms with E-state index in [1.807, 2.05) is 0 Å². The van der Waals surface area contributed by atoms with Crippen LogP contribution in [0.15, 0.2) is 24.3 Å². The predicted molar refractivity (Wildman–Crippen MR) is 75.6 cm³/mol. The Morgan fingerprint density at radius 1 is 1.22 bits per heavy atom. The highest BCUT2D eigenvalue weighted by Gasteiger charge is 2.40. The van der Waals surface area contributed by atoms with Crippen molar-refractivity contribution in [3.05, 3.63) is 35.4 Å². The molecule has 100 valence electrons. The van der Waals surface area contributed by atoms with Crippen LogP contribution in [0.3, 0.4) is 0 Å². The molecule has 1 aliphatic rings. The summed E-state index contributed by atoms with van der Waals surface area (Å²) >= 11 is 0. The summed E-state index contributed by atoms with van der Waals surface area (Å²) in [7, 11) is 0. The van der Waals surface area contributed by atoms with Gasteiger partial charge in [0.05, 0.1) is 0 Å². The molecule has 0 unspecified atom stereocenters. The summed E-state index contributed by atoms with van der Waals surface area (Å²) in [6.07, 6.45) is 5.74. The van der Waals surface area contributed by atoms with Crippen LogP contribution in [0.25, 0.3) is 0 Å². The lowest BCUT2D eigenvalue weighted by Crippen LogP contribution is -2.34. The first-order valence-corrected chi connectivity index (χ1v) is 7.15. The van der Waals surface area contributed by atoms with E-state index in [9.17, 15) is 5.11 Å². The molecule has 0 aromatic heterocycles. The van der Waals surface area contributed by atoms with E-state index in [1.165, 1.54) is 24.0 Å². The van der Waals surface area contributed by atoms with Crippen molar-refractivity contribution in [3.63, 3.8) is 0 Å². The van der Waals surface area contributed by atoms with Crippen LogP contribution in [0.2, 0.25) is 0 Å². The van der Waals surface area contributed by atoms with Gasteiger partial charge in [-0.05, 0) is 36.9 Å². The van der Waals surface area contributed by atoms with Crippen molar-refractivity contribution in [1.29, 1.82) is 0 Å². The number of rotatable bonds is 5. The molecule has 1 aromatic carbocycles. The second-order valence-electron chi connectivity index (χ2n) is 5.61. The third kappa shape index (κ3) is 2.45. The lowest BCUT2D eigenvalue weighted by Gasteiger charge is -2.35. The molecule has 2 heteroatoms. The minimum absolute atomic E-state index is 0.0302. The molecule has 2 nitrogen and oxygen atoms in total. The lowest BCUT2D eigenvalue weighted by atomic mass is 9.71. The normalized spacial score (nSPS) is 19.9. The largest absolute Gasteiger partial charge is 0.396 e. The van der Waals surface area contributed by atoms with Gasteiger partial charge in [-0.3, -0.25) is 0 Å². The Morgan fingerprint density at radius 3 is 2.28 bits per heavy atom. The molecule has 1 fully saturated rings. The number of aliphatic hydroxyl groups is 1. The van der Waals surface area contributed by atoms with Crippen molar-refractivity contribution in [1.82, 2.24) is 0 Å². The molecule has 0 bridgehead atoms. The lowest BCUT2D eigenvalue weighted by molar-refractivity contribution is 0.103. The highest BCUT2D eigenvalue weighted by Crippen LogP contribution is 2.48. The van der Waals surface area contributed by atoms with Crippen molar-refractivity contribution in [2.24, 2.45) is 11.1 Å². The van der Waals surface area contributed by atoms with Gasteiger partial charge in [-0.25, -0.2) is 0 Å². The van der Waals surface area contributed by atoms with Crippen molar-refractivity contribution in [3.8, 4) is 0 Å². The molecule has 3 N–H and O–H groups in total. The first kappa shape index (κ1) is 13.6. The Morgan fingerprint density at radius 2 is 1.83 bits per heavy atom. The van der Waals surface area contributed by atoms with Crippen LogP contribution in [0, 0.1) is 5.41 Å². The van der Waals surface area contributed by atoms with E-state index < -0.39 is 0 Å². The summed E-state index contributed by atoms with van der Waals surface area (Å²) in [4.78, 5) is 0. The third-order valence-electron chi connectivity index (χ3n) is 4.68. The smallest absolute Gasteiger partial charge is 0.0493 e. The molecule has 0 spiro atoms. The number of aliphatic hydroxyl groups excluding tert-OH is 1. The van der Waals surface area contributed by atoms with Crippen molar-refractivity contribution < 1.29 is 5.11 Å². The van der Waals surface area contributed by atoms with Gasteiger partial charge in [0.25, 0.3) is 0 Å². The molecule has 0 aliphatic heterocycles. The molecule has 1 atom stereocenters. The fraction of sp³-hybridized carbons (Fsp3) is 0.625. The molecule has 0 saturated heterocycles. The second kappa shape index (κ2) is 5.85. The zero-order chi connectivity index (χ0) is 13.0. The highest BCUT2D eigenvalue weighted by molar-refractivity contribution is 5.28. The summed E-state index contributed by atoms with van der Waals surface area (Å²) < 4.78 is 0. The van der Waals surface area contributed by atoms with E-state index in [2.05, 4.69) is 31.2 Å². The van der Waals surface area contributed by atoms with Crippen molar-refractivity contribution >= 4 is 0 Å². The molecular formula is C16H25NO. The quantitative estimate of drug-likeness (QED) is 0.840. The second-order valence-corrected chi connectivity index (χ2v) is 5.61. The Balaban J connectivity index is 2.26. The van der Waals surface area contributed by atoms with Crippen LogP contribution in [-0.2, 0) is 6.42 Å². The third-order valence-corrected chi connectivity index (χ3v) is 4.68. The fourth-order valence-electron chi connectivity index (χ4n) is 3.42. The van der Waals surface area contributed by atoms with Crippen LogP contribution in [-0.4, -0.2) is 18.3 Å². The van der Waals surface area contributed by atoms with E-state index in [0.717, 1.165) is 19.3 Å². The van der Waals surface area contributed by atoms with Crippen LogP contribution in [0.1, 0.15) is 49.7 Å². The summed E-state index contributed by atoms with van der Waals surface area (Å²) in [6, 6.07) is 8.79. The minimum Gasteiger partial charge on any atom is -0.396 e. The average molecular weight is 247 g/mol. The van der Waals surface area contributed by atoms with Gasteiger partial charge in [0.1, 0.15) is 0 Å². The number of nitrogens with two attached hydrogens (primary N) is 1. The van der Waals surface area contributed by atoms with Gasteiger partial charge in [-0.2, -0.15) is 0 Å². The average Bonchev–Trinajstić information content (AvgIpc) is 2.90. The first-order valence-electron chi connectivity index (χ1n) is 7.15. The number of benzene rings is 1. The maximum atomic E-state index is 9.82. The molecule has 18 heavy (non-hydrogen) atoms. The Hall–Kier alpha value is -0.860. The molecule has 0 radical (unpaired) electrons. The zero-order valence-corrected chi connectivity index (χ0v) is 11.4. The molecule has 1 aromatic rings.